The molecule has 0 fully saturated rings. The summed E-state index contributed by atoms with van der Waals surface area (Å²) in [7, 11) is 0. The average molecular weight is 435 g/mol. The minimum atomic E-state index is -0.307. The van der Waals surface area contributed by atoms with Gasteiger partial charge in [-0.3, -0.25) is 9.59 Å². The molecule has 0 spiro atoms. The number of rotatable bonds is 6. The van der Waals surface area contributed by atoms with Crippen LogP contribution < -0.4 is 0 Å². The first-order valence-corrected chi connectivity index (χ1v) is 9.99. The zero-order valence-corrected chi connectivity index (χ0v) is 17.3. The number of aromatic nitrogens is 2. The van der Waals surface area contributed by atoms with Crippen molar-refractivity contribution in [3.05, 3.63) is 106 Å². The van der Waals surface area contributed by atoms with E-state index in [1.165, 1.54) is 6.08 Å². The summed E-state index contributed by atoms with van der Waals surface area (Å²) in [6.07, 6.45) is 3.07. The van der Waals surface area contributed by atoms with Crippen LogP contribution in [0.5, 0.6) is 0 Å². The Morgan fingerprint density at radius 2 is 1.63 bits per heavy atom. The predicted octanol–water partition coefficient (Wildman–Crippen LogP) is 6.12. The fraction of sp³-hybridized carbons (Fsp3) is 0.0417. The van der Waals surface area contributed by atoms with E-state index in [1.54, 1.807) is 41.0 Å². The number of imidazole rings is 1. The molecule has 148 valence electrons. The molecule has 6 heteroatoms. The Labute approximate surface area is 183 Å². The molecule has 4 rings (SSSR count). The van der Waals surface area contributed by atoms with Crippen molar-refractivity contribution >= 4 is 51.9 Å². The van der Waals surface area contributed by atoms with E-state index >= 15 is 0 Å². The summed E-state index contributed by atoms with van der Waals surface area (Å²) in [5.74, 6) is -0.198. The molecule has 0 amide bonds. The molecule has 30 heavy (non-hydrogen) atoms. The van der Waals surface area contributed by atoms with Crippen molar-refractivity contribution < 1.29 is 9.59 Å². The fourth-order valence-electron chi connectivity index (χ4n) is 3.15. The molecule has 0 aliphatic rings. The Kier molecular flexibility index (Phi) is 5.79. The van der Waals surface area contributed by atoms with Gasteiger partial charge in [0.05, 0.1) is 27.6 Å². The molecule has 0 radical (unpaired) electrons. The monoisotopic (exact) mass is 434 g/mol. The Hall–Kier alpha value is -3.21. The molecular weight excluding hydrogens is 419 g/mol. The SMILES string of the molecule is O=C(Cn1c(C(=O)C=Cc2ccc(Cl)c(Cl)c2)nc2ccccc21)c1ccccc1. The van der Waals surface area contributed by atoms with Gasteiger partial charge in [0, 0.05) is 5.56 Å². The molecule has 0 unspecified atom stereocenters. The van der Waals surface area contributed by atoms with Crippen molar-refractivity contribution in [2.75, 3.05) is 0 Å². The lowest BCUT2D eigenvalue weighted by Crippen LogP contribution is -2.15. The first-order chi connectivity index (χ1) is 14.5. The van der Waals surface area contributed by atoms with Crippen LogP contribution in [0.3, 0.4) is 0 Å². The summed E-state index contributed by atoms with van der Waals surface area (Å²) in [6, 6.07) is 21.5. The third-order valence-electron chi connectivity index (χ3n) is 4.64. The summed E-state index contributed by atoms with van der Waals surface area (Å²) < 4.78 is 1.66. The van der Waals surface area contributed by atoms with Crippen LogP contribution >= 0.6 is 23.2 Å². The van der Waals surface area contributed by atoms with Crippen LogP contribution in [0.4, 0.5) is 0 Å². The van der Waals surface area contributed by atoms with E-state index in [4.69, 9.17) is 23.2 Å². The lowest BCUT2D eigenvalue weighted by molar-refractivity contribution is 0.0969. The van der Waals surface area contributed by atoms with Gasteiger partial charge in [0.1, 0.15) is 0 Å². The van der Waals surface area contributed by atoms with Gasteiger partial charge in [0.15, 0.2) is 11.6 Å². The van der Waals surface area contributed by atoms with Crippen LogP contribution in [0.25, 0.3) is 17.1 Å². The largest absolute Gasteiger partial charge is 0.313 e. The van der Waals surface area contributed by atoms with Crippen LogP contribution in [0.1, 0.15) is 26.5 Å². The third kappa shape index (κ3) is 4.20. The molecule has 4 aromatic rings. The molecule has 0 aliphatic carbocycles. The zero-order chi connectivity index (χ0) is 21.1. The van der Waals surface area contributed by atoms with Gasteiger partial charge >= 0.3 is 0 Å². The molecular formula is C24H16Cl2N2O2. The van der Waals surface area contributed by atoms with Crippen LogP contribution in [-0.4, -0.2) is 21.1 Å². The van der Waals surface area contributed by atoms with E-state index < -0.39 is 0 Å². The number of halogens is 2. The van der Waals surface area contributed by atoms with Crippen LogP contribution in [0, 0.1) is 0 Å². The Balaban J connectivity index is 1.68. The van der Waals surface area contributed by atoms with Gasteiger partial charge in [-0.05, 0) is 35.9 Å². The molecule has 1 heterocycles. The number of ketones is 2. The van der Waals surface area contributed by atoms with Gasteiger partial charge < -0.3 is 4.57 Å². The highest BCUT2D eigenvalue weighted by Gasteiger charge is 2.18. The fourth-order valence-corrected chi connectivity index (χ4v) is 3.45. The minimum absolute atomic E-state index is 0.0201. The quantitative estimate of drug-likeness (QED) is 0.271. The van der Waals surface area contributed by atoms with Crippen molar-refractivity contribution in [1.29, 1.82) is 0 Å². The summed E-state index contributed by atoms with van der Waals surface area (Å²) in [5, 5.41) is 0.855. The van der Waals surface area contributed by atoms with Crippen molar-refractivity contribution in [1.82, 2.24) is 9.55 Å². The molecule has 0 bridgehead atoms. The highest BCUT2D eigenvalue weighted by molar-refractivity contribution is 6.42. The van der Waals surface area contributed by atoms with Crippen molar-refractivity contribution in [3.63, 3.8) is 0 Å². The normalized spacial score (nSPS) is 11.3. The number of benzene rings is 3. The molecule has 0 aliphatic heterocycles. The van der Waals surface area contributed by atoms with E-state index in [0.29, 0.717) is 21.1 Å². The number of fused-ring (bicyclic) bond motifs is 1. The highest BCUT2D eigenvalue weighted by atomic mass is 35.5. The predicted molar refractivity (Wildman–Crippen MR) is 120 cm³/mol. The van der Waals surface area contributed by atoms with Gasteiger partial charge in [-0.15, -0.1) is 0 Å². The molecule has 3 aromatic carbocycles. The summed E-state index contributed by atoms with van der Waals surface area (Å²) >= 11 is 12.0. The van der Waals surface area contributed by atoms with Gasteiger partial charge in [-0.1, -0.05) is 77.8 Å². The Morgan fingerprint density at radius 3 is 2.40 bits per heavy atom. The topological polar surface area (TPSA) is 52.0 Å². The zero-order valence-electron chi connectivity index (χ0n) is 15.8. The number of allylic oxidation sites excluding steroid dienone is 1. The number of nitrogens with zero attached hydrogens (tertiary/aromatic N) is 2. The van der Waals surface area contributed by atoms with E-state index in [1.807, 2.05) is 42.5 Å². The number of hydrogen-bond acceptors (Lipinski definition) is 3. The first kappa shape index (κ1) is 20.1. The summed E-state index contributed by atoms with van der Waals surface area (Å²) in [5.41, 5.74) is 2.71. The van der Waals surface area contributed by atoms with Crippen molar-refractivity contribution in [2.24, 2.45) is 0 Å². The van der Waals surface area contributed by atoms with Crippen LogP contribution in [0.15, 0.2) is 78.9 Å². The van der Waals surface area contributed by atoms with Gasteiger partial charge in [0.2, 0.25) is 5.78 Å². The van der Waals surface area contributed by atoms with E-state index in [0.717, 1.165) is 11.1 Å². The third-order valence-corrected chi connectivity index (χ3v) is 5.38. The van der Waals surface area contributed by atoms with Crippen molar-refractivity contribution in [2.45, 2.75) is 6.54 Å². The molecule has 0 N–H and O–H groups in total. The number of carbonyl (C=O) groups is 2. The Bertz CT molecular complexity index is 1280. The molecule has 0 saturated carbocycles. The molecule has 0 atom stereocenters. The highest BCUT2D eigenvalue weighted by Crippen LogP contribution is 2.23. The maximum atomic E-state index is 12.9. The number of carbonyl (C=O) groups excluding carboxylic acids is 2. The summed E-state index contributed by atoms with van der Waals surface area (Å²) in [6.45, 7) is 0.0201. The standard InChI is InChI=1S/C24H16Cl2N2O2/c25-18-12-10-16(14-19(18)26)11-13-22(29)24-27-20-8-4-5-9-21(20)28(24)15-23(30)17-6-2-1-3-7-17/h1-14H,15H2. The van der Waals surface area contributed by atoms with E-state index in [9.17, 15) is 9.59 Å². The lowest BCUT2D eigenvalue weighted by Gasteiger charge is -2.07. The van der Waals surface area contributed by atoms with Crippen molar-refractivity contribution in [3.8, 4) is 0 Å². The second-order valence-electron chi connectivity index (χ2n) is 6.67. The second-order valence-corrected chi connectivity index (χ2v) is 7.49. The van der Waals surface area contributed by atoms with Gasteiger partial charge in [-0.2, -0.15) is 0 Å². The first-order valence-electron chi connectivity index (χ1n) is 9.24. The smallest absolute Gasteiger partial charge is 0.221 e. The summed E-state index contributed by atoms with van der Waals surface area (Å²) in [4.78, 5) is 30.2. The average Bonchev–Trinajstić information content (AvgIpc) is 3.13. The second kappa shape index (κ2) is 8.66. The molecule has 4 nitrogen and oxygen atoms in total. The lowest BCUT2D eigenvalue weighted by atomic mass is 10.1. The van der Waals surface area contributed by atoms with E-state index in [-0.39, 0.29) is 23.9 Å². The number of hydrogen-bond donors (Lipinski definition) is 0. The van der Waals surface area contributed by atoms with Gasteiger partial charge in [0.25, 0.3) is 0 Å². The number of Topliss-reactive ketones (excluding diaryl/α,β-unsaturated/α-hetero) is 1. The molecule has 1 aromatic heterocycles. The number of para-hydroxylation sites is 2. The Morgan fingerprint density at radius 1 is 0.900 bits per heavy atom. The molecule has 0 saturated heterocycles. The maximum Gasteiger partial charge on any atom is 0.221 e. The van der Waals surface area contributed by atoms with Gasteiger partial charge in [-0.25, -0.2) is 4.98 Å². The van der Waals surface area contributed by atoms with Crippen LogP contribution in [-0.2, 0) is 6.54 Å². The van der Waals surface area contributed by atoms with Crippen LogP contribution in [0.2, 0.25) is 10.0 Å². The van der Waals surface area contributed by atoms with E-state index in [2.05, 4.69) is 4.98 Å². The maximum absolute atomic E-state index is 12.9. The minimum Gasteiger partial charge on any atom is -0.313 e.